The van der Waals surface area contributed by atoms with E-state index >= 15 is 0 Å². The van der Waals surface area contributed by atoms with Gasteiger partial charge in [-0.05, 0) is 23.8 Å². The van der Waals surface area contributed by atoms with E-state index < -0.39 is 37.9 Å². The molecule has 0 saturated heterocycles. The first-order chi connectivity index (χ1) is 9.88. The Bertz CT molecular complexity index is 756. The zero-order chi connectivity index (χ0) is 15.5. The number of rotatable bonds is 5. The zero-order valence-corrected chi connectivity index (χ0v) is 11.7. The Morgan fingerprint density at radius 1 is 1.00 bits per heavy atom. The molecule has 0 aliphatic carbocycles. The van der Waals surface area contributed by atoms with Crippen LogP contribution in [0.15, 0.2) is 53.4 Å². The molecule has 0 aromatic heterocycles. The lowest BCUT2D eigenvalue weighted by Crippen LogP contribution is -2.19. The van der Waals surface area contributed by atoms with Crippen LogP contribution >= 0.6 is 0 Å². The zero-order valence-electron chi connectivity index (χ0n) is 10.9. The van der Waals surface area contributed by atoms with E-state index in [9.17, 15) is 22.0 Å². The van der Waals surface area contributed by atoms with Gasteiger partial charge in [0.2, 0.25) is 0 Å². The molecular formula is C15H12F2O3S. The third-order valence-electron chi connectivity index (χ3n) is 2.82. The molecule has 0 N–H and O–H groups in total. The summed E-state index contributed by atoms with van der Waals surface area (Å²) in [6, 6.07) is 10.7. The maximum Gasteiger partial charge on any atom is 0.188 e. The van der Waals surface area contributed by atoms with E-state index in [-0.39, 0.29) is 6.42 Å². The first-order valence-corrected chi connectivity index (χ1v) is 7.77. The van der Waals surface area contributed by atoms with Crippen molar-refractivity contribution in [1.29, 1.82) is 0 Å². The van der Waals surface area contributed by atoms with Gasteiger partial charge in [-0.25, -0.2) is 17.2 Å². The predicted octanol–water partition coefficient (Wildman–Crippen LogP) is 2.55. The number of halogens is 2. The summed E-state index contributed by atoms with van der Waals surface area (Å²) in [5.41, 5.74) is 0.664. The summed E-state index contributed by atoms with van der Waals surface area (Å²) < 4.78 is 50.5. The SMILES string of the molecule is O=C(Cc1ccccc1)CS(=O)(=O)c1cc(F)ccc1F. The molecule has 6 heteroatoms. The van der Waals surface area contributed by atoms with Gasteiger partial charge in [-0.2, -0.15) is 0 Å². The number of carbonyl (C=O) groups excluding carboxylic acids is 1. The molecule has 0 fully saturated rings. The summed E-state index contributed by atoms with van der Waals surface area (Å²) in [4.78, 5) is 11.0. The maximum atomic E-state index is 13.5. The highest BCUT2D eigenvalue weighted by molar-refractivity contribution is 7.92. The molecule has 0 heterocycles. The summed E-state index contributed by atoms with van der Waals surface area (Å²) in [6.45, 7) is 0. The molecule has 0 saturated carbocycles. The fourth-order valence-electron chi connectivity index (χ4n) is 1.88. The number of ketones is 1. The Morgan fingerprint density at radius 3 is 2.33 bits per heavy atom. The molecule has 2 aromatic carbocycles. The molecule has 0 amide bonds. The van der Waals surface area contributed by atoms with Gasteiger partial charge < -0.3 is 0 Å². The van der Waals surface area contributed by atoms with E-state index in [1.54, 1.807) is 30.3 Å². The van der Waals surface area contributed by atoms with Crippen LogP contribution in [0.4, 0.5) is 8.78 Å². The molecule has 0 aliphatic heterocycles. The van der Waals surface area contributed by atoms with E-state index in [1.807, 2.05) is 0 Å². The van der Waals surface area contributed by atoms with Gasteiger partial charge in [0.05, 0.1) is 0 Å². The average molecular weight is 310 g/mol. The Balaban J connectivity index is 2.18. The van der Waals surface area contributed by atoms with Gasteiger partial charge in [0.15, 0.2) is 15.6 Å². The van der Waals surface area contributed by atoms with Gasteiger partial charge >= 0.3 is 0 Å². The Labute approximate surface area is 121 Å². The van der Waals surface area contributed by atoms with Crippen LogP contribution in [0, 0.1) is 11.6 Å². The first kappa shape index (κ1) is 15.3. The van der Waals surface area contributed by atoms with Crippen molar-refractivity contribution >= 4 is 15.6 Å². The average Bonchev–Trinajstić information content (AvgIpc) is 2.41. The molecule has 0 aliphatic rings. The minimum atomic E-state index is -4.20. The van der Waals surface area contributed by atoms with Gasteiger partial charge in [0.1, 0.15) is 22.3 Å². The summed E-state index contributed by atoms with van der Waals surface area (Å²) in [7, 11) is -4.20. The summed E-state index contributed by atoms with van der Waals surface area (Å²) in [6.07, 6.45) is -0.0724. The largest absolute Gasteiger partial charge is 0.298 e. The Hall–Kier alpha value is -2.08. The quantitative estimate of drug-likeness (QED) is 0.853. The fourth-order valence-corrected chi connectivity index (χ4v) is 3.22. The van der Waals surface area contributed by atoms with E-state index in [2.05, 4.69) is 0 Å². The van der Waals surface area contributed by atoms with E-state index in [4.69, 9.17) is 0 Å². The highest BCUT2D eigenvalue weighted by atomic mass is 32.2. The van der Waals surface area contributed by atoms with E-state index in [0.717, 1.165) is 12.1 Å². The topological polar surface area (TPSA) is 51.2 Å². The highest BCUT2D eigenvalue weighted by Gasteiger charge is 2.23. The minimum absolute atomic E-state index is 0.0724. The number of benzene rings is 2. The van der Waals surface area contributed by atoms with Crippen molar-refractivity contribution in [2.24, 2.45) is 0 Å². The lowest BCUT2D eigenvalue weighted by molar-refractivity contribution is -0.116. The van der Waals surface area contributed by atoms with Crippen LogP contribution < -0.4 is 0 Å². The van der Waals surface area contributed by atoms with Gasteiger partial charge in [-0.15, -0.1) is 0 Å². The molecule has 3 nitrogen and oxygen atoms in total. The molecule has 2 rings (SSSR count). The smallest absolute Gasteiger partial charge is 0.188 e. The van der Waals surface area contributed by atoms with Gasteiger partial charge in [0.25, 0.3) is 0 Å². The van der Waals surface area contributed by atoms with Crippen molar-refractivity contribution in [3.63, 3.8) is 0 Å². The van der Waals surface area contributed by atoms with Crippen LogP contribution in [-0.2, 0) is 21.1 Å². The molecule has 21 heavy (non-hydrogen) atoms. The molecule has 0 radical (unpaired) electrons. The van der Waals surface area contributed by atoms with Crippen molar-refractivity contribution < 1.29 is 22.0 Å². The second-order valence-electron chi connectivity index (χ2n) is 4.53. The molecule has 0 atom stereocenters. The molecule has 2 aromatic rings. The van der Waals surface area contributed by atoms with Crippen molar-refractivity contribution in [1.82, 2.24) is 0 Å². The van der Waals surface area contributed by atoms with Gasteiger partial charge in [-0.1, -0.05) is 30.3 Å². The minimum Gasteiger partial charge on any atom is -0.298 e. The summed E-state index contributed by atoms with van der Waals surface area (Å²) >= 11 is 0. The number of carbonyl (C=O) groups is 1. The van der Waals surface area contributed by atoms with Crippen molar-refractivity contribution in [2.75, 3.05) is 5.75 Å². The van der Waals surface area contributed by atoms with Crippen LogP contribution in [0.2, 0.25) is 0 Å². The lowest BCUT2D eigenvalue weighted by Gasteiger charge is -2.05. The third-order valence-corrected chi connectivity index (χ3v) is 4.51. The normalized spacial score (nSPS) is 11.3. The monoisotopic (exact) mass is 310 g/mol. The molecule has 0 spiro atoms. The van der Waals surface area contributed by atoms with Crippen molar-refractivity contribution in [3.05, 3.63) is 65.7 Å². The first-order valence-electron chi connectivity index (χ1n) is 6.12. The fraction of sp³-hybridized carbons (Fsp3) is 0.133. The predicted molar refractivity (Wildman–Crippen MR) is 73.6 cm³/mol. The number of hydrogen-bond donors (Lipinski definition) is 0. The van der Waals surface area contributed by atoms with Crippen molar-refractivity contribution in [3.8, 4) is 0 Å². The summed E-state index contributed by atoms with van der Waals surface area (Å²) in [5, 5.41) is 0. The Kier molecular flexibility index (Phi) is 4.47. The summed E-state index contributed by atoms with van der Waals surface area (Å²) in [5.74, 6) is -3.37. The van der Waals surface area contributed by atoms with Gasteiger partial charge in [-0.3, -0.25) is 4.79 Å². The van der Waals surface area contributed by atoms with Crippen LogP contribution in [0.3, 0.4) is 0 Å². The molecule has 0 bridgehead atoms. The maximum absolute atomic E-state index is 13.5. The lowest BCUT2D eigenvalue weighted by atomic mass is 10.1. The van der Waals surface area contributed by atoms with Crippen molar-refractivity contribution in [2.45, 2.75) is 11.3 Å². The van der Waals surface area contributed by atoms with Crippen LogP contribution in [-0.4, -0.2) is 20.0 Å². The van der Waals surface area contributed by atoms with Crippen LogP contribution in [0.25, 0.3) is 0 Å². The van der Waals surface area contributed by atoms with Gasteiger partial charge in [0, 0.05) is 6.42 Å². The molecule has 0 unspecified atom stereocenters. The van der Waals surface area contributed by atoms with E-state index in [1.165, 1.54) is 0 Å². The number of hydrogen-bond acceptors (Lipinski definition) is 3. The standard InChI is InChI=1S/C15H12F2O3S/c16-12-6-7-14(17)15(9-12)21(19,20)10-13(18)8-11-4-2-1-3-5-11/h1-7,9H,8,10H2. The van der Waals surface area contributed by atoms with E-state index in [0.29, 0.717) is 11.6 Å². The van der Waals surface area contributed by atoms with Crippen LogP contribution in [0.5, 0.6) is 0 Å². The number of Topliss-reactive ketones (excluding diaryl/α,β-unsaturated/α-hetero) is 1. The van der Waals surface area contributed by atoms with Crippen LogP contribution in [0.1, 0.15) is 5.56 Å². The highest BCUT2D eigenvalue weighted by Crippen LogP contribution is 2.18. The second kappa shape index (κ2) is 6.13. The Morgan fingerprint density at radius 2 is 1.67 bits per heavy atom. The molecular weight excluding hydrogens is 298 g/mol. The third kappa shape index (κ3) is 3.95. The number of sulfone groups is 1. The second-order valence-corrected chi connectivity index (χ2v) is 6.49. The molecule has 110 valence electrons.